The molecular formula is C26H20N6OS2. The van der Waals surface area contributed by atoms with Gasteiger partial charge in [-0.1, -0.05) is 65.9 Å². The third-order valence-corrected chi connectivity index (χ3v) is 7.25. The van der Waals surface area contributed by atoms with Crippen molar-refractivity contribution in [3.63, 3.8) is 0 Å². The second-order valence-corrected chi connectivity index (χ2v) is 9.55. The Morgan fingerprint density at radius 3 is 2.40 bits per heavy atom. The van der Waals surface area contributed by atoms with Crippen molar-refractivity contribution < 1.29 is 4.79 Å². The predicted octanol–water partition coefficient (Wildman–Crippen LogP) is 5.32. The largest absolute Gasteiger partial charge is 0.285 e. The first-order valence-electron chi connectivity index (χ1n) is 10.8. The molecule has 0 aliphatic heterocycles. The first-order valence-corrected chi connectivity index (χ1v) is 12.5. The second-order valence-electron chi connectivity index (χ2n) is 7.59. The molecule has 0 amide bonds. The van der Waals surface area contributed by atoms with Gasteiger partial charge in [0.15, 0.2) is 5.01 Å². The molecule has 2 aromatic carbocycles. The minimum atomic E-state index is -0.175. The number of rotatable bonds is 6. The topological polar surface area (TPSA) is 85.4 Å². The van der Waals surface area contributed by atoms with Crippen LogP contribution in [0.15, 0.2) is 95.4 Å². The maximum absolute atomic E-state index is 13.5. The van der Waals surface area contributed by atoms with Crippen LogP contribution in [0.4, 0.5) is 0 Å². The number of nitrogens with zero attached hydrogens (tertiary/aromatic N) is 6. The van der Waals surface area contributed by atoms with Gasteiger partial charge in [0.05, 0.1) is 17.1 Å². The number of hydrogen-bond acceptors (Lipinski definition) is 8. The van der Waals surface area contributed by atoms with Crippen molar-refractivity contribution >= 4 is 34.2 Å². The van der Waals surface area contributed by atoms with Gasteiger partial charge in [-0.15, -0.1) is 16.4 Å². The quantitative estimate of drug-likeness (QED) is 0.181. The van der Waals surface area contributed by atoms with E-state index in [-0.39, 0.29) is 5.78 Å². The van der Waals surface area contributed by atoms with Gasteiger partial charge in [-0.25, -0.2) is 9.67 Å². The van der Waals surface area contributed by atoms with Gasteiger partial charge in [-0.3, -0.25) is 9.78 Å². The Labute approximate surface area is 209 Å². The number of hydrogen-bond donors (Lipinski definition) is 0. The molecule has 3 aromatic heterocycles. The number of para-hydroxylation sites is 1. The predicted molar refractivity (Wildman–Crippen MR) is 139 cm³/mol. The molecule has 35 heavy (non-hydrogen) atoms. The first kappa shape index (κ1) is 22.7. The van der Waals surface area contributed by atoms with Crippen molar-refractivity contribution in [1.82, 2.24) is 19.7 Å². The SMILES string of the molecule is C/C(=N\N=c1\sc(C(=O)c2sc(-c3ccccc3)nc2C)nn1-c1ccccc1)c1cccnc1. The number of pyridine rings is 1. The summed E-state index contributed by atoms with van der Waals surface area (Å²) in [6.45, 7) is 3.72. The Balaban J connectivity index is 1.56. The molecule has 7 nitrogen and oxygen atoms in total. The highest BCUT2D eigenvalue weighted by molar-refractivity contribution is 7.18. The molecule has 0 fully saturated rings. The van der Waals surface area contributed by atoms with E-state index in [1.807, 2.05) is 86.6 Å². The van der Waals surface area contributed by atoms with E-state index in [1.165, 1.54) is 22.7 Å². The molecule has 0 saturated carbocycles. The van der Waals surface area contributed by atoms with Crippen molar-refractivity contribution in [2.24, 2.45) is 10.2 Å². The summed E-state index contributed by atoms with van der Waals surface area (Å²) >= 11 is 2.57. The highest BCUT2D eigenvalue weighted by Gasteiger charge is 2.22. The fourth-order valence-electron chi connectivity index (χ4n) is 3.34. The number of aromatic nitrogens is 4. The molecule has 172 valence electrons. The van der Waals surface area contributed by atoms with Gasteiger partial charge in [0.25, 0.3) is 0 Å². The van der Waals surface area contributed by atoms with E-state index in [0.29, 0.717) is 26.1 Å². The Morgan fingerprint density at radius 1 is 0.943 bits per heavy atom. The third kappa shape index (κ3) is 4.91. The zero-order valence-corrected chi connectivity index (χ0v) is 20.6. The zero-order valence-electron chi connectivity index (χ0n) is 19.0. The number of aryl methyl sites for hydroxylation is 1. The van der Waals surface area contributed by atoms with Gasteiger partial charge in [-0.05, 0) is 32.0 Å². The fraction of sp³-hybridized carbons (Fsp3) is 0.0769. The van der Waals surface area contributed by atoms with Crippen molar-refractivity contribution in [1.29, 1.82) is 0 Å². The van der Waals surface area contributed by atoms with Crippen molar-refractivity contribution in [3.05, 3.63) is 111 Å². The Kier molecular flexibility index (Phi) is 6.51. The average molecular weight is 497 g/mol. The van der Waals surface area contributed by atoms with Crippen LogP contribution in [-0.4, -0.2) is 31.2 Å². The number of carbonyl (C=O) groups is 1. The lowest BCUT2D eigenvalue weighted by Gasteiger charge is -2.00. The Morgan fingerprint density at radius 2 is 1.69 bits per heavy atom. The van der Waals surface area contributed by atoms with E-state index in [9.17, 15) is 4.79 Å². The minimum Gasteiger partial charge on any atom is -0.285 e. The molecular weight excluding hydrogens is 476 g/mol. The van der Waals surface area contributed by atoms with Crippen LogP contribution in [0.3, 0.4) is 0 Å². The number of benzene rings is 2. The fourth-order valence-corrected chi connectivity index (χ4v) is 5.22. The molecule has 0 spiro atoms. The number of thiazole rings is 1. The summed E-state index contributed by atoms with van der Waals surface area (Å²) in [6, 6.07) is 23.2. The van der Waals surface area contributed by atoms with E-state index < -0.39 is 0 Å². The zero-order chi connectivity index (χ0) is 24.2. The van der Waals surface area contributed by atoms with E-state index in [0.717, 1.165) is 21.8 Å². The normalized spacial score (nSPS) is 12.2. The first-order chi connectivity index (χ1) is 17.1. The Bertz CT molecular complexity index is 1570. The van der Waals surface area contributed by atoms with Crippen molar-refractivity contribution in [2.45, 2.75) is 13.8 Å². The minimum absolute atomic E-state index is 0.175. The molecule has 5 aromatic rings. The standard InChI is InChI=1S/C26H20N6OS2/c1-17(20-12-9-15-27-16-20)29-30-26-32(21-13-7-4-8-14-21)31-25(35-26)22(33)23-18(2)28-24(34-23)19-10-5-3-6-11-19/h3-16H,1-2H3/b29-17+,30-26+. The molecule has 5 rings (SSSR count). The summed E-state index contributed by atoms with van der Waals surface area (Å²) in [7, 11) is 0. The molecule has 0 aliphatic rings. The molecule has 0 unspecified atom stereocenters. The smallest absolute Gasteiger partial charge is 0.235 e. The molecule has 0 radical (unpaired) electrons. The molecule has 0 aliphatic carbocycles. The van der Waals surface area contributed by atoms with Crippen LogP contribution in [-0.2, 0) is 0 Å². The van der Waals surface area contributed by atoms with Gasteiger partial charge < -0.3 is 0 Å². The van der Waals surface area contributed by atoms with Crippen LogP contribution >= 0.6 is 22.7 Å². The maximum atomic E-state index is 13.5. The lowest BCUT2D eigenvalue weighted by atomic mass is 10.2. The summed E-state index contributed by atoms with van der Waals surface area (Å²) in [5, 5.41) is 14.6. The summed E-state index contributed by atoms with van der Waals surface area (Å²) in [5.74, 6) is -0.175. The Hall–Kier alpha value is -4.08. The maximum Gasteiger partial charge on any atom is 0.235 e. The molecule has 0 bridgehead atoms. The van der Waals surface area contributed by atoms with Gasteiger partial charge in [0.2, 0.25) is 10.6 Å². The van der Waals surface area contributed by atoms with Gasteiger partial charge in [-0.2, -0.15) is 10.2 Å². The molecule has 3 heterocycles. The van der Waals surface area contributed by atoms with E-state index in [1.54, 1.807) is 17.1 Å². The summed E-state index contributed by atoms with van der Waals surface area (Å²) < 4.78 is 1.65. The lowest BCUT2D eigenvalue weighted by Crippen LogP contribution is -2.14. The van der Waals surface area contributed by atoms with Crippen LogP contribution < -0.4 is 4.80 Å². The van der Waals surface area contributed by atoms with Crippen LogP contribution in [0.1, 0.15) is 32.9 Å². The van der Waals surface area contributed by atoms with E-state index in [4.69, 9.17) is 0 Å². The molecule has 9 heteroatoms. The van der Waals surface area contributed by atoms with Crippen molar-refractivity contribution in [3.8, 4) is 16.3 Å². The second kappa shape index (κ2) is 10.0. The lowest BCUT2D eigenvalue weighted by molar-refractivity contribution is 0.104. The summed E-state index contributed by atoms with van der Waals surface area (Å²) in [6.07, 6.45) is 3.45. The van der Waals surface area contributed by atoms with Crippen LogP contribution in [0.25, 0.3) is 16.3 Å². The molecule has 0 saturated heterocycles. The van der Waals surface area contributed by atoms with Crippen LogP contribution in [0, 0.1) is 6.92 Å². The van der Waals surface area contributed by atoms with Gasteiger partial charge in [0, 0.05) is 23.5 Å². The van der Waals surface area contributed by atoms with E-state index in [2.05, 4.69) is 25.3 Å². The summed E-state index contributed by atoms with van der Waals surface area (Å²) in [4.78, 5) is 23.3. The van der Waals surface area contributed by atoms with Crippen LogP contribution in [0.2, 0.25) is 0 Å². The van der Waals surface area contributed by atoms with Crippen molar-refractivity contribution in [2.75, 3.05) is 0 Å². The van der Waals surface area contributed by atoms with Gasteiger partial charge in [0.1, 0.15) is 9.88 Å². The highest BCUT2D eigenvalue weighted by atomic mass is 32.1. The van der Waals surface area contributed by atoms with E-state index >= 15 is 0 Å². The molecule has 0 N–H and O–H groups in total. The monoisotopic (exact) mass is 496 g/mol. The number of ketones is 1. The highest BCUT2D eigenvalue weighted by Crippen LogP contribution is 2.29. The third-order valence-electron chi connectivity index (χ3n) is 5.14. The van der Waals surface area contributed by atoms with Crippen LogP contribution in [0.5, 0.6) is 0 Å². The average Bonchev–Trinajstić information content (AvgIpc) is 3.52. The summed E-state index contributed by atoms with van der Waals surface area (Å²) in [5.41, 5.74) is 4.04. The number of carbonyl (C=O) groups excluding carboxylic acids is 1. The van der Waals surface area contributed by atoms with Gasteiger partial charge >= 0.3 is 0 Å². The molecule has 0 atom stereocenters.